The van der Waals surface area contributed by atoms with E-state index in [2.05, 4.69) is 23.1 Å². The number of benzene rings is 1. The van der Waals surface area contributed by atoms with Crippen molar-refractivity contribution in [3.8, 4) is 0 Å². The van der Waals surface area contributed by atoms with Gasteiger partial charge in [-0.05, 0) is 75.1 Å². The van der Waals surface area contributed by atoms with Crippen LogP contribution in [0.5, 0.6) is 0 Å². The average molecular weight is 465 g/mol. The summed E-state index contributed by atoms with van der Waals surface area (Å²) in [6.45, 7) is 4.09. The van der Waals surface area contributed by atoms with Gasteiger partial charge in [0.1, 0.15) is 5.82 Å². The molecule has 2 aromatic heterocycles. The van der Waals surface area contributed by atoms with Crippen molar-refractivity contribution in [1.82, 2.24) is 19.4 Å². The van der Waals surface area contributed by atoms with Gasteiger partial charge in [0.25, 0.3) is 0 Å². The summed E-state index contributed by atoms with van der Waals surface area (Å²) in [5.74, 6) is 0.130. The molecule has 4 heterocycles. The van der Waals surface area contributed by atoms with E-state index in [-0.39, 0.29) is 17.6 Å². The Bertz CT molecular complexity index is 1140. The number of ether oxygens (including phenoxy) is 1. The van der Waals surface area contributed by atoms with Crippen LogP contribution >= 0.6 is 0 Å². The number of amides is 1. The highest BCUT2D eigenvalue weighted by molar-refractivity contribution is 5.83. The normalized spacial score (nSPS) is 21.5. The van der Waals surface area contributed by atoms with Crippen LogP contribution in [0.15, 0.2) is 54.9 Å². The van der Waals surface area contributed by atoms with Gasteiger partial charge in [-0.25, -0.2) is 8.91 Å². The van der Waals surface area contributed by atoms with Gasteiger partial charge in [0, 0.05) is 31.4 Å². The topological polar surface area (TPSA) is 50.1 Å². The number of likely N-dealkylation sites (tertiary alicyclic amines) is 1. The molecule has 0 N–H and O–H groups in total. The lowest BCUT2D eigenvalue weighted by Crippen LogP contribution is -2.52. The van der Waals surface area contributed by atoms with Gasteiger partial charge in [-0.1, -0.05) is 24.3 Å². The highest BCUT2D eigenvalue weighted by atomic mass is 19.1. The van der Waals surface area contributed by atoms with Crippen LogP contribution < -0.4 is 0 Å². The fraction of sp³-hybridized carbons (Fsp3) is 0.481. The number of rotatable bonds is 5. The number of carbonyl (C=O) groups excluding carboxylic acids is 1. The van der Waals surface area contributed by atoms with E-state index >= 15 is 0 Å². The minimum Gasteiger partial charge on any atom is -0.379 e. The molecule has 0 radical (unpaired) electrons. The largest absolute Gasteiger partial charge is 0.379 e. The predicted molar refractivity (Wildman–Crippen MR) is 129 cm³/mol. The lowest BCUT2D eigenvalue weighted by Gasteiger charge is -2.42. The Morgan fingerprint density at radius 3 is 2.74 bits per heavy atom. The molecule has 2 aliphatic rings. The minimum absolute atomic E-state index is 0.155. The Morgan fingerprint density at radius 2 is 1.91 bits per heavy atom. The molecule has 0 unspecified atom stereocenters. The van der Waals surface area contributed by atoms with Crippen molar-refractivity contribution in [1.29, 1.82) is 0 Å². The summed E-state index contributed by atoms with van der Waals surface area (Å²) in [4.78, 5) is 18.4. The van der Waals surface area contributed by atoms with Crippen molar-refractivity contribution in [3.63, 3.8) is 0 Å². The molecule has 2 aliphatic heterocycles. The van der Waals surface area contributed by atoms with E-state index in [1.54, 1.807) is 6.07 Å². The first-order chi connectivity index (χ1) is 16.5. The van der Waals surface area contributed by atoms with Crippen molar-refractivity contribution in [3.05, 3.63) is 71.8 Å². The second-order valence-electron chi connectivity index (χ2n) is 9.94. The van der Waals surface area contributed by atoms with Crippen LogP contribution in [0.4, 0.5) is 4.39 Å². The number of hydrogen-bond acceptors (Lipinski definition) is 4. The van der Waals surface area contributed by atoms with Crippen LogP contribution in [0.3, 0.4) is 0 Å². The minimum atomic E-state index is -0.574. The molecule has 34 heavy (non-hydrogen) atoms. The lowest BCUT2D eigenvalue weighted by molar-refractivity contribution is -0.145. The number of nitrogens with zero attached hydrogens (tertiary/aromatic N) is 4. The van der Waals surface area contributed by atoms with E-state index in [9.17, 15) is 9.18 Å². The number of fused-ring (bicyclic) bond motifs is 1. The average Bonchev–Trinajstić information content (AvgIpc) is 3.22. The first kappa shape index (κ1) is 23.0. The van der Waals surface area contributed by atoms with Crippen molar-refractivity contribution in [2.75, 3.05) is 46.4 Å². The molecule has 0 aliphatic carbocycles. The second kappa shape index (κ2) is 9.84. The molecule has 1 amide bonds. The molecular weight excluding hydrogens is 431 g/mol. The van der Waals surface area contributed by atoms with E-state index in [0.717, 1.165) is 37.9 Å². The van der Waals surface area contributed by atoms with E-state index in [1.165, 1.54) is 11.6 Å². The number of carbonyl (C=O) groups is 1. The molecule has 3 aromatic rings. The monoisotopic (exact) mass is 464 g/mol. The van der Waals surface area contributed by atoms with Gasteiger partial charge in [0.2, 0.25) is 5.91 Å². The van der Waals surface area contributed by atoms with Gasteiger partial charge >= 0.3 is 0 Å². The first-order valence-corrected chi connectivity index (χ1v) is 12.2. The summed E-state index contributed by atoms with van der Waals surface area (Å²) in [5, 5.41) is 4.34. The standard InChI is InChI=1S/C27H33FN4O2/c1-30-13-9-27(10-14-30,18-23-5-2-3-7-24(23)28)26(33)31-15-16-34-20-21(19-31)17-22-6-4-12-32-25(22)8-11-29-32/h2-8,11-12,21H,9-10,13-20H2,1H3/t21-/m0/s1. The van der Waals surface area contributed by atoms with Crippen LogP contribution in [-0.2, 0) is 22.4 Å². The molecule has 6 nitrogen and oxygen atoms in total. The van der Waals surface area contributed by atoms with Gasteiger partial charge in [0.15, 0.2) is 0 Å². The highest BCUT2D eigenvalue weighted by Crippen LogP contribution is 2.38. The van der Waals surface area contributed by atoms with Gasteiger partial charge in [0.05, 0.1) is 24.1 Å². The summed E-state index contributed by atoms with van der Waals surface area (Å²) in [6, 6.07) is 13.1. The summed E-state index contributed by atoms with van der Waals surface area (Å²) < 4.78 is 22.4. The zero-order valence-corrected chi connectivity index (χ0v) is 19.8. The second-order valence-corrected chi connectivity index (χ2v) is 9.94. The van der Waals surface area contributed by atoms with E-state index in [4.69, 9.17) is 4.74 Å². The Kier molecular flexibility index (Phi) is 6.66. The van der Waals surface area contributed by atoms with Crippen LogP contribution in [-0.4, -0.2) is 71.8 Å². The molecule has 1 aromatic carbocycles. The molecule has 7 heteroatoms. The Balaban J connectivity index is 1.37. The van der Waals surface area contributed by atoms with Gasteiger partial charge in [-0.15, -0.1) is 0 Å². The van der Waals surface area contributed by atoms with Crippen LogP contribution in [0, 0.1) is 17.2 Å². The Labute approximate surface area is 200 Å². The summed E-state index contributed by atoms with van der Waals surface area (Å²) >= 11 is 0. The fourth-order valence-corrected chi connectivity index (χ4v) is 5.54. The maximum absolute atomic E-state index is 14.6. The number of aromatic nitrogens is 2. The third-order valence-corrected chi connectivity index (χ3v) is 7.54. The zero-order valence-electron chi connectivity index (χ0n) is 19.8. The van der Waals surface area contributed by atoms with Crippen molar-refractivity contribution >= 4 is 11.4 Å². The van der Waals surface area contributed by atoms with Crippen LogP contribution in [0.1, 0.15) is 24.0 Å². The molecular formula is C27H33FN4O2. The van der Waals surface area contributed by atoms with E-state index in [1.807, 2.05) is 46.1 Å². The fourth-order valence-electron chi connectivity index (χ4n) is 5.54. The first-order valence-electron chi connectivity index (χ1n) is 12.2. The summed E-state index contributed by atoms with van der Waals surface area (Å²) in [5.41, 5.74) is 2.37. The molecule has 1 atom stereocenters. The van der Waals surface area contributed by atoms with Crippen LogP contribution in [0.2, 0.25) is 0 Å². The van der Waals surface area contributed by atoms with Crippen molar-refractivity contribution in [2.45, 2.75) is 25.7 Å². The molecule has 180 valence electrons. The SMILES string of the molecule is CN1CCC(Cc2ccccc2F)(C(=O)N2CCOC[C@@H](Cc3cccn4nccc34)C2)CC1. The molecule has 2 fully saturated rings. The molecule has 0 saturated carbocycles. The Morgan fingerprint density at radius 1 is 1.12 bits per heavy atom. The quantitative estimate of drug-likeness (QED) is 0.581. The number of piperidine rings is 1. The molecule has 5 rings (SSSR count). The maximum atomic E-state index is 14.6. The summed E-state index contributed by atoms with van der Waals surface area (Å²) in [7, 11) is 2.09. The number of halogens is 1. The summed E-state index contributed by atoms with van der Waals surface area (Å²) in [6.07, 6.45) is 6.52. The lowest BCUT2D eigenvalue weighted by atomic mass is 9.72. The molecule has 0 bridgehead atoms. The number of pyridine rings is 1. The van der Waals surface area contributed by atoms with Gasteiger partial charge in [-0.2, -0.15) is 5.10 Å². The molecule has 2 saturated heterocycles. The smallest absolute Gasteiger partial charge is 0.229 e. The highest BCUT2D eigenvalue weighted by Gasteiger charge is 2.44. The van der Waals surface area contributed by atoms with Crippen molar-refractivity contribution < 1.29 is 13.9 Å². The Hall–Kier alpha value is -2.77. The maximum Gasteiger partial charge on any atom is 0.229 e. The number of hydrogen-bond donors (Lipinski definition) is 0. The third-order valence-electron chi connectivity index (χ3n) is 7.54. The van der Waals surface area contributed by atoms with Gasteiger partial charge < -0.3 is 14.5 Å². The molecule has 0 spiro atoms. The van der Waals surface area contributed by atoms with E-state index in [0.29, 0.717) is 38.3 Å². The predicted octanol–water partition coefficient (Wildman–Crippen LogP) is 3.45. The third kappa shape index (κ3) is 4.72. The zero-order chi connectivity index (χ0) is 23.5. The van der Waals surface area contributed by atoms with Gasteiger partial charge in [-0.3, -0.25) is 4.79 Å². The van der Waals surface area contributed by atoms with E-state index < -0.39 is 5.41 Å². The van der Waals surface area contributed by atoms with Crippen molar-refractivity contribution in [2.24, 2.45) is 11.3 Å². The van der Waals surface area contributed by atoms with Crippen LogP contribution in [0.25, 0.3) is 5.52 Å².